The molecule has 166 valence electrons. The number of carbonyl (C=O) groups excluding carboxylic acids is 1. The summed E-state index contributed by atoms with van der Waals surface area (Å²) in [5.41, 5.74) is 6.43. The summed E-state index contributed by atoms with van der Waals surface area (Å²) < 4.78 is 7.21. The van der Waals surface area contributed by atoms with Gasteiger partial charge in [-0.25, -0.2) is 5.43 Å². The number of nitrogens with zero attached hydrogens (tertiary/aromatic N) is 4. The van der Waals surface area contributed by atoms with Crippen LogP contribution in [0.25, 0.3) is 17.1 Å². The first-order valence-electron chi connectivity index (χ1n) is 10.3. The molecule has 0 aliphatic heterocycles. The van der Waals surface area contributed by atoms with Crippen LogP contribution in [0.1, 0.15) is 11.1 Å². The van der Waals surface area contributed by atoms with E-state index in [1.165, 1.54) is 11.8 Å². The maximum atomic E-state index is 12.4. The molecule has 1 N–H and O–H groups in total. The maximum absolute atomic E-state index is 12.4. The number of methoxy groups -OCH3 is 1. The van der Waals surface area contributed by atoms with Gasteiger partial charge in [-0.2, -0.15) is 5.10 Å². The summed E-state index contributed by atoms with van der Waals surface area (Å²) in [4.78, 5) is 12.4. The second-order valence-electron chi connectivity index (χ2n) is 7.14. The Morgan fingerprint density at radius 3 is 2.48 bits per heavy atom. The number of aromatic nitrogens is 3. The molecule has 3 aromatic carbocycles. The van der Waals surface area contributed by atoms with E-state index in [4.69, 9.17) is 4.74 Å². The van der Waals surface area contributed by atoms with Gasteiger partial charge in [0.15, 0.2) is 11.0 Å². The number of hydrogen-bond acceptors (Lipinski definition) is 6. The van der Waals surface area contributed by atoms with Gasteiger partial charge in [-0.3, -0.25) is 9.36 Å². The Hall–Kier alpha value is -3.91. The highest BCUT2D eigenvalue weighted by atomic mass is 32.2. The van der Waals surface area contributed by atoms with Crippen molar-refractivity contribution in [3.8, 4) is 22.8 Å². The number of amides is 1. The van der Waals surface area contributed by atoms with E-state index in [-0.39, 0.29) is 11.7 Å². The summed E-state index contributed by atoms with van der Waals surface area (Å²) >= 11 is 1.30. The summed E-state index contributed by atoms with van der Waals surface area (Å²) in [6, 6.07) is 25.3. The van der Waals surface area contributed by atoms with E-state index in [1.54, 1.807) is 13.3 Å². The molecule has 0 unspecified atom stereocenters. The lowest BCUT2D eigenvalue weighted by atomic mass is 10.1. The second-order valence-corrected chi connectivity index (χ2v) is 8.09. The molecule has 4 aromatic rings. The molecule has 1 aromatic heterocycles. The van der Waals surface area contributed by atoms with Gasteiger partial charge in [0.1, 0.15) is 5.75 Å². The van der Waals surface area contributed by atoms with Gasteiger partial charge >= 0.3 is 0 Å². The third-order valence-electron chi connectivity index (χ3n) is 4.91. The molecule has 0 atom stereocenters. The van der Waals surface area contributed by atoms with Gasteiger partial charge in [0.25, 0.3) is 5.91 Å². The fourth-order valence-corrected chi connectivity index (χ4v) is 3.91. The first kappa shape index (κ1) is 22.3. The van der Waals surface area contributed by atoms with Crippen molar-refractivity contribution in [2.24, 2.45) is 5.10 Å². The minimum atomic E-state index is -0.227. The predicted molar refractivity (Wildman–Crippen MR) is 131 cm³/mol. The second kappa shape index (κ2) is 10.6. The highest BCUT2D eigenvalue weighted by Gasteiger charge is 2.17. The summed E-state index contributed by atoms with van der Waals surface area (Å²) in [5.74, 6) is 1.37. The topological polar surface area (TPSA) is 81.4 Å². The number of hydrogen-bond donors (Lipinski definition) is 1. The molecule has 4 rings (SSSR count). The van der Waals surface area contributed by atoms with E-state index in [2.05, 4.69) is 20.7 Å². The highest BCUT2D eigenvalue weighted by molar-refractivity contribution is 7.99. The van der Waals surface area contributed by atoms with Crippen LogP contribution in [0.4, 0.5) is 0 Å². The lowest BCUT2D eigenvalue weighted by molar-refractivity contribution is -0.118. The van der Waals surface area contributed by atoms with E-state index >= 15 is 0 Å². The monoisotopic (exact) mass is 457 g/mol. The van der Waals surface area contributed by atoms with Crippen LogP contribution in [0.3, 0.4) is 0 Å². The zero-order valence-electron chi connectivity index (χ0n) is 18.3. The molecule has 0 aliphatic rings. The normalized spacial score (nSPS) is 11.0. The molecular weight excluding hydrogens is 434 g/mol. The molecule has 8 heteroatoms. The highest BCUT2D eigenvalue weighted by Crippen LogP contribution is 2.28. The summed E-state index contributed by atoms with van der Waals surface area (Å²) in [6.07, 6.45) is 1.64. The van der Waals surface area contributed by atoms with E-state index in [0.717, 1.165) is 28.1 Å². The molecular formula is C25H23N5O2S. The standard InChI is InChI=1S/C25H23N5O2S/c1-18-8-6-7-11-20(18)16-26-27-23(31)17-33-25-29-28-24(19-9-4-3-5-10-19)30(25)21-12-14-22(32-2)15-13-21/h3-16H,17H2,1-2H3,(H,27,31). The molecule has 1 heterocycles. The van der Waals surface area contributed by atoms with Crippen molar-refractivity contribution in [1.29, 1.82) is 0 Å². The zero-order chi connectivity index (χ0) is 23.0. The van der Waals surface area contributed by atoms with Gasteiger partial charge in [-0.05, 0) is 42.3 Å². The van der Waals surface area contributed by atoms with Crippen LogP contribution < -0.4 is 10.2 Å². The molecule has 7 nitrogen and oxygen atoms in total. The van der Waals surface area contributed by atoms with Crippen molar-refractivity contribution < 1.29 is 9.53 Å². The van der Waals surface area contributed by atoms with Gasteiger partial charge in [0.05, 0.1) is 19.1 Å². The first-order valence-corrected chi connectivity index (χ1v) is 11.3. The fourth-order valence-electron chi connectivity index (χ4n) is 3.17. The average molecular weight is 458 g/mol. The Kier molecular flexibility index (Phi) is 7.16. The van der Waals surface area contributed by atoms with Gasteiger partial charge in [-0.15, -0.1) is 10.2 Å². The molecule has 0 aliphatic carbocycles. The summed E-state index contributed by atoms with van der Waals surface area (Å²) in [5, 5.41) is 13.4. The Balaban J connectivity index is 1.51. The third-order valence-corrected chi connectivity index (χ3v) is 5.84. The lowest BCUT2D eigenvalue weighted by Gasteiger charge is -2.11. The molecule has 33 heavy (non-hydrogen) atoms. The van der Waals surface area contributed by atoms with Crippen molar-refractivity contribution >= 4 is 23.9 Å². The number of nitrogens with one attached hydrogen (secondary N) is 1. The van der Waals surface area contributed by atoms with E-state index in [0.29, 0.717) is 11.0 Å². The number of benzene rings is 3. The van der Waals surface area contributed by atoms with Crippen molar-refractivity contribution in [3.63, 3.8) is 0 Å². The van der Waals surface area contributed by atoms with E-state index in [1.807, 2.05) is 90.4 Å². The Bertz CT molecular complexity index is 1250. The molecule has 0 radical (unpaired) electrons. The van der Waals surface area contributed by atoms with Crippen LogP contribution >= 0.6 is 11.8 Å². The number of hydrazone groups is 1. The van der Waals surface area contributed by atoms with Crippen LogP contribution in [0, 0.1) is 6.92 Å². The van der Waals surface area contributed by atoms with Crippen molar-refractivity contribution in [2.45, 2.75) is 12.1 Å². The molecule has 0 saturated heterocycles. The summed E-state index contributed by atoms with van der Waals surface area (Å²) in [7, 11) is 1.63. The minimum Gasteiger partial charge on any atom is -0.497 e. The Morgan fingerprint density at radius 2 is 1.76 bits per heavy atom. The van der Waals surface area contributed by atoms with Gasteiger partial charge in [0, 0.05) is 11.3 Å². The van der Waals surface area contributed by atoms with E-state index in [9.17, 15) is 4.79 Å². The zero-order valence-corrected chi connectivity index (χ0v) is 19.1. The number of ether oxygens (including phenoxy) is 1. The fraction of sp³-hybridized carbons (Fsp3) is 0.120. The smallest absolute Gasteiger partial charge is 0.250 e. The SMILES string of the molecule is COc1ccc(-n2c(SCC(=O)NN=Cc3ccccc3C)nnc2-c2ccccc2)cc1. The Labute approximate surface area is 196 Å². The van der Waals surface area contributed by atoms with E-state index < -0.39 is 0 Å². The predicted octanol–water partition coefficient (Wildman–Crippen LogP) is 4.49. The Morgan fingerprint density at radius 1 is 1.03 bits per heavy atom. The molecule has 0 saturated carbocycles. The lowest BCUT2D eigenvalue weighted by Crippen LogP contribution is -2.20. The molecule has 0 bridgehead atoms. The average Bonchev–Trinajstić information content (AvgIpc) is 3.28. The molecule has 0 spiro atoms. The van der Waals surface area contributed by atoms with Crippen LogP contribution in [-0.2, 0) is 4.79 Å². The van der Waals surface area contributed by atoms with Crippen LogP contribution in [0.2, 0.25) is 0 Å². The van der Waals surface area contributed by atoms with Gasteiger partial charge < -0.3 is 4.74 Å². The minimum absolute atomic E-state index is 0.147. The number of aryl methyl sites for hydroxylation is 1. The number of thioether (sulfide) groups is 1. The number of rotatable bonds is 8. The van der Waals surface area contributed by atoms with Crippen LogP contribution in [-0.4, -0.2) is 39.7 Å². The largest absolute Gasteiger partial charge is 0.497 e. The van der Waals surface area contributed by atoms with Gasteiger partial charge in [-0.1, -0.05) is 66.4 Å². The van der Waals surface area contributed by atoms with Crippen molar-refractivity contribution in [1.82, 2.24) is 20.2 Å². The molecule has 1 amide bonds. The van der Waals surface area contributed by atoms with Crippen molar-refractivity contribution in [2.75, 3.05) is 12.9 Å². The third kappa shape index (κ3) is 5.48. The first-order chi connectivity index (χ1) is 16.2. The quantitative estimate of drug-likeness (QED) is 0.239. The molecule has 0 fully saturated rings. The maximum Gasteiger partial charge on any atom is 0.250 e. The summed E-state index contributed by atoms with van der Waals surface area (Å²) in [6.45, 7) is 2.00. The number of carbonyl (C=O) groups is 1. The van der Waals surface area contributed by atoms with Crippen molar-refractivity contribution in [3.05, 3.63) is 90.0 Å². The van der Waals surface area contributed by atoms with Crippen LogP contribution in [0.15, 0.2) is 89.1 Å². The van der Waals surface area contributed by atoms with Gasteiger partial charge in [0.2, 0.25) is 0 Å². The van der Waals surface area contributed by atoms with Crippen LogP contribution in [0.5, 0.6) is 5.75 Å².